The number of rotatable bonds is 42. The van der Waals surface area contributed by atoms with Gasteiger partial charge in [0.15, 0.2) is 5.96 Å². The number of aliphatic imine (C=N–C) groups is 1. The van der Waals surface area contributed by atoms with E-state index in [1.165, 1.54) is 24.3 Å². The van der Waals surface area contributed by atoms with Crippen LogP contribution >= 0.6 is 0 Å². The standard InChI is InChI=1S/C55H93N15O16/c1-8-30(6)44(69-42(74)27-62-47(78)38(24-28(2)3)66-46(77)34(57)18-20-41(58)73)52(83)70-45(31(7)71)53(84)64-36(19-21-43(75)76)49(80)68-40(26-32-14-16-33(72)17-15-32)51(82)67-39(25-29(4)5)50(81)63-35(13-11-23-61-55(59)60)48(79)65-37(54(85)86)12-9-10-22-56/h14-17,28-31,34-40,44-45,71-72H,8-13,18-27,56-57H2,1-7H3,(H2,58,73)(H,62,78)(H,63,81)(H,64,84)(H,65,79)(H,66,77)(H,67,82)(H,68,80)(H,69,74)(H,70,83)(H,75,76)(H,85,86)(H4,59,60,61)/t30-,31+,34-,35-,36-,37-,38-,39-,40-,44-,45-/m0/s1. The molecule has 10 amide bonds. The molecule has 31 heteroatoms. The van der Waals surface area contributed by atoms with Crippen molar-refractivity contribution in [2.75, 3.05) is 19.6 Å². The van der Waals surface area contributed by atoms with E-state index in [-0.39, 0.29) is 94.4 Å². The number of carboxylic acids is 2. The number of primary amides is 1. The molecular formula is C55H93N15O16. The van der Waals surface area contributed by atoms with Crippen LogP contribution < -0.4 is 76.5 Å². The molecule has 0 fully saturated rings. The number of aliphatic carboxylic acids is 2. The molecule has 86 heavy (non-hydrogen) atoms. The van der Waals surface area contributed by atoms with Crippen LogP contribution in [0.15, 0.2) is 29.3 Å². The van der Waals surface area contributed by atoms with Crippen molar-refractivity contribution in [2.24, 2.45) is 51.4 Å². The number of phenolic OH excluding ortho intramolecular Hbond substituents is 1. The lowest BCUT2D eigenvalue weighted by atomic mass is 9.97. The van der Waals surface area contributed by atoms with Crippen molar-refractivity contribution in [3.63, 3.8) is 0 Å². The summed E-state index contributed by atoms with van der Waals surface area (Å²) >= 11 is 0. The van der Waals surface area contributed by atoms with Gasteiger partial charge in [-0.2, -0.15) is 0 Å². The maximum absolute atomic E-state index is 14.5. The molecule has 23 N–H and O–H groups in total. The van der Waals surface area contributed by atoms with Gasteiger partial charge < -0.3 is 96.9 Å². The molecule has 0 aliphatic rings. The summed E-state index contributed by atoms with van der Waals surface area (Å²) in [5.74, 6) is -13.3. The van der Waals surface area contributed by atoms with Crippen molar-refractivity contribution in [1.29, 1.82) is 0 Å². The Kier molecular flexibility index (Phi) is 34.8. The first-order chi connectivity index (χ1) is 40.3. The Morgan fingerprint density at radius 3 is 1.56 bits per heavy atom. The first-order valence-electron chi connectivity index (χ1n) is 28.7. The molecule has 0 saturated carbocycles. The molecule has 0 spiro atoms. The van der Waals surface area contributed by atoms with Crippen LogP contribution in [0, 0.1) is 17.8 Å². The molecule has 31 nitrogen and oxygen atoms in total. The summed E-state index contributed by atoms with van der Waals surface area (Å²) in [7, 11) is 0. The number of hydrogen-bond acceptors (Lipinski definition) is 17. The monoisotopic (exact) mass is 1220 g/mol. The molecule has 0 radical (unpaired) electrons. The number of phenols is 1. The van der Waals surface area contributed by atoms with Crippen LogP contribution in [-0.2, 0) is 64.0 Å². The van der Waals surface area contributed by atoms with Crippen LogP contribution in [0.3, 0.4) is 0 Å². The third-order valence-corrected chi connectivity index (χ3v) is 13.4. The number of unbranched alkanes of at least 4 members (excludes halogenated alkanes) is 1. The fourth-order valence-electron chi connectivity index (χ4n) is 8.47. The van der Waals surface area contributed by atoms with E-state index in [4.69, 9.17) is 28.7 Å². The van der Waals surface area contributed by atoms with Crippen LogP contribution in [0.1, 0.15) is 131 Å². The first-order valence-corrected chi connectivity index (χ1v) is 28.7. The summed E-state index contributed by atoms with van der Waals surface area (Å²) in [5, 5.41) is 62.8. The van der Waals surface area contributed by atoms with E-state index in [0.29, 0.717) is 18.4 Å². The number of hydrogen-bond donors (Lipinski definition) is 18. The molecule has 0 saturated heterocycles. The van der Waals surface area contributed by atoms with Crippen LogP contribution in [0.2, 0.25) is 0 Å². The quantitative estimate of drug-likeness (QED) is 0.0169. The van der Waals surface area contributed by atoms with E-state index < -0.39 is 157 Å². The fourth-order valence-corrected chi connectivity index (χ4v) is 8.47. The Balaban J connectivity index is 3.57. The van der Waals surface area contributed by atoms with Gasteiger partial charge in [-0.1, -0.05) is 60.1 Å². The van der Waals surface area contributed by atoms with Gasteiger partial charge in [0, 0.05) is 25.8 Å². The zero-order chi connectivity index (χ0) is 65.4. The van der Waals surface area contributed by atoms with E-state index >= 15 is 0 Å². The third-order valence-electron chi connectivity index (χ3n) is 13.4. The largest absolute Gasteiger partial charge is 0.508 e. The van der Waals surface area contributed by atoms with Gasteiger partial charge >= 0.3 is 11.9 Å². The number of aliphatic hydroxyl groups is 1. The molecule has 0 bridgehead atoms. The number of nitrogens with two attached hydrogens (primary N) is 5. The molecule has 0 aliphatic heterocycles. The van der Waals surface area contributed by atoms with Gasteiger partial charge in [0.1, 0.15) is 54.1 Å². The minimum absolute atomic E-state index is 0.0305. The summed E-state index contributed by atoms with van der Waals surface area (Å²) in [6, 6.07) is -7.66. The SMILES string of the molecule is CC[C@H](C)[C@H](NC(=O)CNC(=O)[C@H](CC(C)C)NC(=O)[C@@H](N)CCC(N)=O)C(=O)N[C@H](C(=O)N[C@@H](CCC(=O)O)C(=O)N[C@@H](Cc1ccc(O)cc1)C(=O)N[C@@H](CC(C)C)C(=O)N[C@@H](CCCN=C(N)N)C(=O)N[C@@H](CCCCN)C(=O)O)[C@@H](C)O. The molecule has 0 aromatic heterocycles. The molecule has 11 atom stereocenters. The normalized spacial score (nSPS) is 15.0. The van der Waals surface area contributed by atoms with Gasteiger partial charge in [-0.05, 0) is 107 Å². The van der Waals surface area contributed by atoms with Crippen LogP contribution in [-0.4, -0.2) is 178 Å². The summed E-state index contributed by atoms with van der Waals surface area (Å²) in [4.78, 5) is 163. The summed E-state index contributed by atoms with van der Waals surface area (Å²) in [6.45, 7) is 11.1. The zero-order valence-corrected chi connectivity index (χ0v) is 50.2. The number of nitrogens with one attached hydrogen (secondary N) is 9. The van der Waals surface area contributed by atoms with Crippen molar-refractivity contribution in [1.82, 2.24) is 47.9 Å². The van der Waals surface area contributed by atoms with E-state index in [0.717, 1.165) is 6.92 Å². The van der Waals surface area contributed by atoms with Crippen molar-refractivity contribution in [2.45, 2.75) is 192 Å². The van der Waals surface area contributed by atoms with Gasteiger partial charge in [-0.25, -0.2) is 4.79 Å². The zero-order valence-electron chi connectivity index (χ0n) is 50.2. The lowest BCUT2D eigenvalue weighted by Gasteiger charge is -2.29. The molecule has 1 aromatic carbocycles. The minimum atomic E-state index is -1.87. The van der Waals surface area contributed by atoms with Crippen LogP contribution in [0.25, 0.3) is 0 Å². The summed E-state index contributed by atoms with van der Waals surface area (Å²) < 4.78 is 0. The number of aromatic hydroxyl groups is 1. The predicted octanol–water partition coefficient (Wildman–Crippen LogP) is -3.83. The smallest absolute Gasteiger partial charge is 0.326 e. The van der Waals surface area contributed by atoms with E-state index in [2.05, 4.69) is 52.8 Å². The number of nitrogens with zero attached hydrogens (tertiary/aromatic N) is 1. The van der Waals surface area contributed by atoms with Crippen LogP contribution in [0.5, 0.6) is 5.75 Å². The maximum atomic E-state index is 14.5. The van der Waals surface area contributed by atoms with E-state index in [1.807, 2.05) is 0 Å². The van der Waals surface area contributed by atoms with Crippen molar-refractivity contribution < 1.29 is 78.0 Å². The second kappa shape index (κ2) is 39.4. The van der Waals surface area contributed by atoms with Crippen molar-refractivity contribution in [3.05, 3.63) is 29.8 Å². The Hall–Kier alpha value is -8.19. The van der Waals surface area contributed by atoms with Crippen LogP contribution in [0.4, 0.5) is 0 Å². The lowest BCUT2D eigenvalue weighted by molar-refractivity contribution is -0.142. The second-order valence-corrected chi connectivity index (χ2v) is 22.0. The highest BCUT2D eigenvalue weighted by Crippen LogP contribution is 2.15. The number of benzene rings is 1. The summed E-state index contributed by atoms with van der Waals surface area (Å²) in [5.41, 5.74) is 27.9. The second-order valence-electron chi connectivity index (χ2n) is 22.0. The Morgan fingerprint density at radius 2 is 1.03 bits per heavy atom. The van der Waals surface area contributed by atoms with Crippen molar-refractivity contribution >= 4 is 77.0 Å². The van der Waals surface area contributed by atoms with E-state index in [1.54, 1.807) is 41.5 Å². The number of aliphatic hydroxyl groups excluding tert-OH is 1. The number of carbonyl (C=O) groups excluding carboxylic acids is 10. The molecule has 1 aromatic rings. The predicted molar refractivity (Wildman–Crippen MR) is 314 cm³/mol. The average molecular weight is 1220 g/mol. The molecule has 0 unspecified atom stereocenters. The number of guanidine groups is 1. The molecule has 0 aliphatic carbocycles. The van der Waals surface area contributed by atoms with Gasteiger partial charge in [0.25, 0.3) is 0 Å². The summed E-state index contributed by atoms with van der Waals surface area (Å²) in [6.07, 6.45) is -2.33. The highest BCUT2D eigenvalue weighted by Gasteiger charge is 2.37. The number of carbonyl (C=O) groups is 12. The number of carboxylic acid groups (broad SMARTS) is 2. The molecule has 484 valence electrons. The fraction of sp³-hybridized carbons (Fsp3) is 0.655. The topological polar surface area (TPSA) is 536 Å². The molecule has 0 heterocycles. The number of amides is 10. The lowest BCUT2D eigenvalue weighted by Crippen LogP contribution is -2.62. The van der Waals surface area contributed by atoms with Gasteiger partial charge in [0.05, 0.1) is 18.7 Å². The van der Waals surface area contributed by atoms with Gasteiger partial charge in [-0.15, -0.1) is 0 Å². The maximum Gasteiger partial charge on any atom is 0.326 e. The Labute approximate surface area is 500 Å². The minimum Gasteiger partial charge on any atom is -0.508 e. The molecule has 1 rings (SSSR count). The van der Waals surface area contributed by atoms with E-state index in [9.17, 15) is 78.0 Å². The molecular weight excluding hydrogens is 1130 g/mol. The Morgan fingerprint density at radius 1 is 0.547 bits per heavy atom. The van der Waals surface area contributed by atoms with Crippen molar-refractivity contribution in [3.8, 4) is 5.75 Å². The first kappa shape index (κ1) is 75.8. The van der Waals surface area contributed by atoms with Gasteiger partial charge in [-0.3, -0.25) is 57.7 Å². The third kappa shape index (κ3) is 30.1. The Bertz CT molecular complexity index is 2460. The van der Waals surface area contributed by atoms with Gasteiger partial charge in [0.2, 0.25) is 59.1 Å². The highest BCUT2D eigenvalue weighted by atomic mass is 16.4. The highest BCUT2D eigenvalue weighted by molar-refractivity contribution is 5.98. The average Bonchev–Trinajstić information content (AvgIpc) is 3.32.